The normalized spacial score (nSPS) is 18.6. The summed E-state index contributed by atoms with van der Waals surface area (Å²) >= 11 is 0. The Kier molecular flexibility index (Phi) is 4.53. The van der Waals surface area contributed by atoms with Crippen molar-refractivity contribution in [2.24, 2.45) is 0 Å². The minimum atomic E-state index is -0.0304. The second-order valence-corrected chi connectivity index (χ2v) is 5.01. The minimum Gasteiger partial charge on any atom is -0.340 e. The lowest BCUT2D eigenvalue weighted by atomic mass is 10.0. The van der Waals surface area contributed by atoms with Crippen LogP contribution in [0.2, 0.25) is 0 Å². The van der Waals surface area contributed by atoms with E-state index in [1.807, 2.05) is 19.2 Å². The van der Waals surface area contributed by atoms with Gasteiger partial charge in [-0.2, -0.15) is 5.26 Å². The van der Waals surface area contributed by atoms with Gasteiger partial charge in [0.1, 0.15) is 0 Å². The van der Waals surface area contributed by atoms with Gasteiger partial charge in [-0.1, -0.05) is 18.6 Å². The van der Waals surface area contributed by atoms with Gasteiger partial charge in [-0.15, -0.1) is 0 Å². The summed E-state index contributed by atoms with van der Waals surface area (Å²) in [6.45, 7) is 1.52. The van der Waals surface area contributed by atoms with Crippen LogP contribution >= 0.6 is 0 Å². The van der Waals surface area contributed by atoms with Gasteiger partial charge in [0.05, 0.1) is 17.7 Å². The molecule has 1 saturated heterocycles. The van der Waals surface area contributed by atoms with Crippen LogP contribution in [0.15, 0.2) is 24.3 Å². The standard InChI is InChI=1S/C15H19N3O/c1-18(15(19)14-4-2-3-9-17-14)11-13-7-5-12(10-16)6-8-13/h5-8,14,17H,2-4,9,11H2,1H3/t14-/m0/s1. The molecule has 4 heteroatoms. The highest BCUT2D eigenvalue weighted by atomic mass is 16.2. The number of likely N-dealkylation sites (N-methyl/N-ethyl adjacent to an activating group) is 1. The lowest BCUT2D eigenvalue weighted by molar-refractivity contribution is -0.133. The summed E-state index contributed by atoms with van der Waals surface area (Å²) < 4.78 is 0. The maximum atomic E-state index is 12.2. The maximum absolute atomic E-state index is 12.2. The Labute approximate surface area is 114 Å². The quantitative estimate of drug-likeness (QED) is 0.896. The second-order valence-electron chi connectivity index (χ2n) is 5.01. The molecule has 1 atom stereocenters. The Morgan fingerprint density at radius 3 is 2.74 bits per heavy atom. The van der Waals surface area contributed by atoms with E-state index in [1.165, 1.54) is 0 Å². The molecule has 1 aromatic rings. The smallest absolute Gasteiger partial charge is 0.239 e. The fourth-order valence-electron chi connectivity index (χ4n) is 2.37. The Morgan fingerprint density at radius 1 is 1.42 bits per heavy atom. The van der Waals surface area contributed by atoms with Gasteiger partial charge in [-0.3, -0.25) is 4.79 Å². The minimum absolute atomic E-state index is 0.0304. The van der Waals surface area contributed by atoms with E-state index in [0.29, 0.717) is 12.1 Å². The van der Waals surface area contributed by atoms with Gasteiger partial charge >= 0.3 is 0 Å². The predicted molar refractivity (Wildman–Crippen MR) is 73.3 cm³/mol. The van der Waals surface area contributed by atoms with Crippen molar-refractivity contribution < 1.29 is 4.79 Å². The van der Waals surface area contributed by atoms with Crippen molar-refractivity contribution in [2.75, 3.05) is 13.6 Å². The molecule has 0 unspecified atom stereocenters. The van der Waals surface area contributed by atoms with E-state index in [9.17, 15) is 4.79 Å². The van der Waals surface area contributed by atoms with Crippen molar-refractivity contribution >= 4 is 5.91 Å². The molecule has 19 heavy (non-hydrogen) atoms. The SMILES string of the molecule is CN(Cc1ccc(C#N)cc1)C(=O)[C@@H]1CCCCN1. The molecule has 0 saturated carbocycles. The fraction of sp³-hybridized carbons (Fsp3) is 0.467. The first-order valence-electron chi connectivity index (χ1n) is 6.68. The molecule has 1 aliphatic heterocycles. The van der Waals surface area contributed by atoms with Crippen LogP contribution in [0.25, 0.3) is 0 Å². The summed E-state index contributed by atoms with van der Waals surface area (Å²) in [7, 11) is 1.83. The Hall–Kier alpha value is -1.86. The highest BCUT2D eigenvalue weighted by Crippen LogP contribution is 2.12. The maximum Gasteiger partial charge on any atom is 0.239 e. The lowest BCUT2D eigenvalue weighted by Crippen LogP contribution is -2.46. The highest BCUT2D eigenvalue weighted by molar-refractivity contribution is 5.81. The molecule has 1 amide bonds. The van der Waals surface area contributed by atoms with Crippen molar-refractivity contribution in [3.63, 3.8) is 0 Å². The molecule has 0 aromatic heterocycles. The predicted octanol–water partition coefficient (Wildman–Crippen LogP) is 1.66. The molecule has 0 bridgehead atoms. The number of hydrogen-bond donors (Lipinski definition) is 1. The van der Waals surface area contributed by atoms with Gasteiger partial charge in [0.25, 0.3) is 0 Å². The number of piperidine rings is 1. The van der Waals surface area contributed by atoms with E-state index in [-0.39, 0.29) is 11.9 Å². The first-order chi connectivity index (χ1) is 9.20. The van der Waals surface area contributed by atoms with Crippen LogP contribution in [0.4, 0.5) is 0 Å². The van der Waals surface area contributed by atoms with E-state index in [0.717, 1.165) is 31.4 Å². The number of carbonyl (C=O) groups is 1. The number of nitrogens with zero attached hydrogens (tertiary/aromatic N) is 2. The van der Waals surface area contributed by atoms with Gasteiger partial charge < -0.3 is 10.2 Å². The zero-order chi connectivity index (χ0) is 13.7. The molecule has 0 spiro atoms. The molecule has 2 rings (SSSR count). The van der Waals surface area contributed by atoms with Crippen molar-refractivity contribution in [1.82, 2.24) is 10.2 Å². The molecule has 1 aliphatic rings. The van der Waals surface area contributed by atoms with Gasteiger partial charge in [0, 0.05) is 13.6 Å². The van der Waals surface area contributed by atoms with Gasteiger partial charge in [0.2, 0.25) is 5.91 Å². The van der Waals surface area contributed by atoms with E-state index in [1.54, 1.807) is 17.0 Å². The van der Waals surface area contributed by atoms with Crippen LogP contribution in [0.1, 0.15) is 30.4 Å². The monoisotopic (exact) mass is 257 g/mol. The summed E-state index contributed by atoms with van der Waals surface area (Å²) in [6, 6.07) is 9.43. The Balaban J connectivity index is 1.93. The van der Waals surface area contributed by atoms with Crippen LogP contribution in [0.5, 0.6) is 0 Å². The topological polar surface area (TPSA) is 56.1 Å². The third-order valence-corrected chi connectivity index (χ3v) is 3.49. The second kappa shape index (κ2) is 6.35. The van der Waals surface area contributed by atoms with Crippen molar-refractivity contribution in [3.05, 3.63) is 35.4 Å². The number of hydrogen-bond acceptors (Lipinski definition) is 3. The van der Waals surface area contributed by atoms with Crippen LogP contribution in [0, 0.1) is 11.3 Å². The fourth-order valence-corrected chi connectivity index (χ4v) is 2.37. The summed E-state index contributed by atoms with van der Waals surface area (Å²) in [5.41, 5.74) is 1.69. The average molecular weight is 257 g/mol. The first kappa shape index (κ1) is 13.6. The van der Waals surface area contributed by atoms with Crippen molar-refractivity contribution in [3.8, 4) is 6.07 Å². The summed E-state index contributed by atoms with van der Waals surface area (Å²) in [6.07, 6.45) is 3.20. The summed E-state index contributed by atoms with van der Waals surface area (Å²) in [5, 5.41) is 12.0. The summed E-state index contributed by atoms with van der Waals surface area (Å²) in [4.78, 5) is 14.0. The third-order valence-electron chi connectivity index (χ3n) is 3.49. The van der Waals surface area contributed by atoms with Gasteiger partial charge in [0.15, 0.2) is 0 Å². The van der Waals surface area contributed by atoms with Crippen molar-refractivity contribution in [2.45, 2.75) is 31.8 Å². The molecule has 1 fully saturated rings. The van der Waals surface area contributed by atoms with E-state index < -0.39 is 0 Å². The largest absolute Gasteiger partial charge is 0.340 e. The summed E-state index contributed by atoms with van der Waals surface area (Å²) in [5.74, 6) is 0.157. The van der Waals surface area contributed by atoms with Crippen LogP contribution in [-0.4, -0.2) is 30.4 Å². The van der Waals surface area contributed by atoms with Crippen molar-refractivity contribution in [1.29, 1.82) is 5.26 Å². The molecule has 0 aliphatic carbocycles. The Bertz CT molecular complexity index is 469. The lowest BCUT2D eigenvalue weighted by Gasteiger charge is -2.27. The number of amides is 1. The molecule has 100 valence electrons. The van der Waals surface area contributed by atoms with E-state index >= 15 is 0 Å². The van der Waals surface area contributed by atoms with Gasteiger partial charge in [-0.25, -0.2) is 0 Å². The number of carbonyl (C=O) groups excluding carboxylic acids is 1. The third kappa shape index (κ3) is 3.55. The molecular formula is C15H19N3O. The van der Waals surface area contributed by atoms with E-state index in [2.05, 4.69) is 11.4 Å². The number of nitriles is 1. The number of rotatable bonds is 3. The molecule has 1 N–H and O–H groups in total. The average Bonchev–Trinajstić information content (AvgIpc) is 2.48. The van der Waals surface area contributed by atoms with E-state index in [4.69, 9.17) is 5.26 Å². The number of benzene rings is 1. The molecule has 1 aromatic carbocycles. The zero-order valence-corrected chi connectivity index (χ0v) is 11.2. The van der Waals surface area contributed by atoms with Crippen LogP contribution < -0.4 is 5.32 Å². The molecular weight excluding hydrogens is 238 g/mol. The van der Waals surface area contributed by atoms with Crippen LogP contribution in [-0.2, 0) is 11.3 Å². The Morgan fingerprint density at radius 2 is 2.16 bits per heavy atom. The molecule has 4 nitrogen and oxygen atoms in total. The van der Waals surface area contributed by atoms with Gasteiger partial charge in [-0.05, 0) is 37.1 Å². The van der Waals surface area contributed by atoms with Crippen LogP contribution in [0.3, 0.4) is 0 Å². The molecule has 1 heterocycles. The number of nitrogens with one attached hydrogen (secondary N) is 1. The zero-order valence-electron chi connectivity index (χ0n) is 11.2. The first-order valence-corrected chi connectivity index (χ1v) is 6.68. The molecule has 0 radical (unpaired) electrons. The highest BCUT2D eigenvalue weighted by Gasteiger charge is 2.23.